The SMILES string of the molecule is Cc1cc(O)c(C)c(Oc2cccc(N(c3c(C)cc(O)cc3C)c3c(C)cc(O)cc3C)c2)c1. The van der Waals surface area contributed by atoms with Crippen LogP contribution in [0.15, 0.2) is 60.7 Å². The Balaban J connectivity index is 1.91. The van der Waals surface area contributed by atoms with Gasteiger partial charge in [-0.1, -0.05) is 6.07 Å². The van der Waals surface area contributed by atoms with E-state index in [4.69, 9.17) is 4.74 Å². The molecule has 4 rings (SSSR count). The summed E-state index contributed by atoms with van der Waals surface area (Å²) in [6.45, 7) is 11.6. The second kappa shape index (κ2) is 9.26. The molecule has 0 spiro atoms. The van der Waals surface area contributed by atoms with Gasteiger partial charge in [0.2, 0.25) is 0 Å². The van der Waals surface area contributed by atoms with Crippen LogP contribution in [0.25, 0.3) is 0 Å². The zero-order valence-electron chi connectivity index (χ0n) is 21.0. The molecular formula is C30H31NO4. The molecule has 3 N–H and O–H groups in total. The molecule has 4 aromatic carbocycles. The van der Waals surface area contributed by atoms with Crippen molar-refractivity contribution < 1.29 is 20.1 Å². The number of aromatic hydroxyl groups is 3. The van der Waals surface area contributed by atoms with Gasteiger partial charge in [0.25, 0.3) is 0 Å². The van der Waals surface area contributed by atoms with Gasteiger partial charge < -0.3 is 25.0 Å². The van der Waals surface area contributed by atoms with Crippen LogP contribution in [-0.2, 0) is 0 Å². The third-order valence-corrected chi connectivity index (χ3v) is 6.18. The van der Waals surface area contributed by atoms with Crippen molar-refractivity contribution in [3.63, 3.8) is 0 Å². The molecule has 0 aliphatic heterocycles. The molecule has 0 aromatic heterocycles. The predicted molar refractivity (Wildman–Crippen MR) is 141 cm³/mol. The Kier molecular flexibility index (Phi) is 6.35. The van der Waals surface area contributed by atoms with Crippen LogP contribution in [-0.4, -0.2) is 15.3 Å². The van der Waals surface area contributed by atoms with Crippen LogP contribution < -0.4 is 9.64 Å². The molecule has 0 bridgehead atoms. The lowest BCUT2D eigenvalue weighted by Crippen LogP contribution is -2.15. The molecule has 5 nitrogen and oxygen atoms in total. The summed E-state index contributed by atoms with van der Waals surface area (Å²) in [5.41, 5.74) is 8.01. The minimum absolute atomic E-state index is 0.198. The molecule has 0 radical (unpaired) electrons. The maximum atomic E-state index is 10.2. The summed E-state index contributed by atoms with van der Waals surface area (Å²) < 4.78 is 6.23. The molecule has 0 aliphatic carbocycles. The number of phenols is 3. The Labute approximate surface area is 206 Å². The number of aryl methyl sites for hydroxylation is 5. The zero-order valence-corrected chi connectivity index (χ0v) is 21.0. The van der Waals surface area contributed by atoms with Crippen molar-refractivity contribution in [2.75, 3.05) is 4.90 Å². The van der Waals surface area contributed by atoms with Crippen LogP contribution in [0.5, 0.6) is 28.7 Å². The van der Waals surface area contributed by atoms with Crippen molar-refractivity contribution in [2.45, 2.75) is 41.5 Å². The fraction of sp³-hybridized carbons (Fsp3) is 0.200. The first-order valence-corrected chi connectivity index (χ1v) is 11.5. The van der Waals surface area contributed by atoms with Gasteiger partial charge in [-0.25, -0.2) is 0 Å². The van der Waals surface area contributed by atoms with Crippen LogP contribution in [0, 0.1) is 41.5 Å². The molecule has 0 saturated carbocycles. The smallest absolute Gasteiger partial charge is 0.134 e. The van der Waals surface area contributed by atoms with Gasteiger partial charge in [0.1, 0.15) is 28.7 Å². The Bertz CT molecular complexity index is 1320. The number of ether oxygens (including phenoxy) is 1. The highest BCUT2D eigenvalue weighted by atomic mass is 16.5. The molecule has 0 unspecified atom stereocenters. The molecule has 4 aromatic rings. The van der Waals surface area contributed by atoms with Gasteiger partial charge in [0.05, 0.1) is 11.4 Å². The second-order valence-corrected chi connectivity index (χ2v) is 9.20. The fourth-order valence-electron chi connectivity index (χ4n) is 4.67. The number of hydrogen-bond acceptors (Lipinski definition) is 5. The summed E-state index contributed by atoms with van der Waals surface area (Å²) in [5, 5.41) is 30.6. The molecular weight excluding hydrogens is 438 g/mol. The van der Waals surface area contributed by atoms with Crippen molar-refractivity contribution >= 4 is 17.1 Å². The van der Waals surface area contributed by atoms with Gasteiger partial charge in [0.15, 0.2) is 0 Å². The monoisotopic (exact) mass is 469 g/mol. The summed E-state index contributed by atoms with van der Waals surface area (Å²) in [7, 11) is 0. The first-order chi connectivity index (χ1) is 16.5. The molecule has 0 fully saturated rings. The highest BCUT2D eigenvalue weighted by Crippen LogP contribution is 2.45. The highest BCUT2D eigenvalue weighted by Gasteiger charge is 2.22. The Hall–Kier alpha value is -4.12. The number of rotatable bonds is 5. The fourth-order valence-corrected chi connectivity index (χ4v) is 4.67. The Morgan fingerprint density at radius 2 is 1.14 bits per heavy atom. The van der Waals surface area contributed by atoms with E-state index in [9.17, 15) is 15.3 Å². The van der Waals surface area contributed by atoms with E-state index in [0.717, 1.165) is 44.9 Å². The van der Waals surface area contributed by atoms with Gasteiger partial charge in [0, 0.05) is 17.3 Å². The molecule has 180 valence electrons. The van der Waals surface area contributed by atoms with Crippen LogP contribution >= 0.6 is 0 Å². The van der Waals surface area contributed by atoms with Crippen LogP contribution in [0.1, 0.15) is 33.4 Å². The van der Waals surface area contributed by atoms with E-state index < -0.39 is 0 Å². The van der Waals surface area contributed by atoms with Gasteiger partial charge in [-0.3, -0.25) is 0 Å². The number of anilines is 3. The van der Waals surface area contributed by atoms with Gasteiger partial charge in [-0.05, 0) is 118 Å². The van der Waals surface area contributed by atoms with E-state index in [-0.39, 0.29) is 17.2 Å². The average molecular weight is 470 g/mol. The first-order valence-electron chi connectivity index (χ1n) is 11.5. The summed E-state index contributed by atoms with van der Waals surface area (Å²) in [6.07, 6.45) is 0. The largest absolute Gasteiger partial charge is 0.508 e. The highest BCUT2D eigenvalue weighted by molar-refractivity contribution is 5.84. The maximum Gasteiger partial charge on any atom is 0.134 e. The van der Waals surface area contributed by atoms with Gasteiger partial charge >= 0.3 is 0 Å². The first kappa shape index (κ1) is 24.0. The minimum Gasteiger partial charge on any atom is -0.508 e. The summed E-state index contributed by atoms with van der Waals surface area (Å²) in [5.74, 6) is 1.86. The van der Waals surface area contributed by atoms with Gasteiger partial charge in [-0.2, -0.15) is 0 Å². The van der Waals surface area contributed by atoms with Crippen molar-refractivity contribution in [3.05, 3.63) is 94.0 Å². The van der Waals surface area contributed by atoms with Crippen molar-refractivity contribution in [1.82, 2.24) is 0 Å². The van der Waals surface area contributed by atoms with Crippen molar-refractivity contribution in [3.8, 4) is 28.7 Å². The lowest BCUT2D eigenvalue weighted by molar-refractivity contribution is 0.447. The number of benzene rings is 4. The van der Waals surface area contributed by atoms with Gasteiger partial charge in [-0.15, -0.1) is 0 Å². The van der Waals surface area contributed by atoms with Crippen molar-refractivity contribution in [1.29, 1.82) is 0 Å². The van der Waals surface area contributed by atoms with Crippen LogP contribution in [0.3, 0.4) is 0 Å². The number of hydrogen-bond donors (Lipinski definition) is 3. The standard InChI is InChI=1S/C30H31NO4/c1-17-10-27(34)22(6)28(11-17)35-26-9-7-8-23(16-26)31(29-18(2)12-24(32)13-19(29)3)30-20(4)14-25(33)15-21(30)5/h7-16,32-34H,1-6H3. The zero-order chi connectivity index (χ0) is 25.4. The topological polar surface area (TPSA) is 73.2 Å². The maximum absolute atomic E-state index is 10.2. The van der Waals surface area contributed by atoms with E-state index in [1.807, 2.05) is 71.9 Å². The quantitative estimate of drug-likeness (QED) is 0.277. The lowest BCUT2D eigenvalue weighted by atomic mass is 10.0. The second-order valence-electron chi connectivity index (χ2n) is 9.20. The van der Waals surface area contributed by atoms with Crippen LogP contribution in [0.2, 0.25) is 0 Å². The van der Waals surface area contributed by atoms with E-state index in [2.05, 4.69) is 4.90 Å². The van der Waals surface area contributed by atoms with E-state index in [1.54, 1.807) is 30.3 Å². The summed E-state index contributed by atoms with van der Waals surface area (Å²) in [6, 6.07) is 18.4. The lowest BCUT2D eigenvalue weighted by Gasteiger charge is -2.31. The summed E-state index contributed by atoms with van der Waals surface area (Å²) >= 11 is 0. The molecule has 35 heavy (non-hydrogen) atoms. The van der Waals surface area contributed by atoms with E-state index >= 15 is 0 Å². The predicted octanol–water partition coefficient (Wildman–Crippen LogP) is 7.92. The minimum atomic E-state index is 0.198. The molecule has 0 heterocycles. The third kappa shape index (κ3) is 4.76. The molecule has 0 aliphatic rings. The normalized spacial score (nSPS) is 10.9. The van der Waals surface area contributed by atoms with Crippen molar-refractivity contribution in [2.24, 2.45) is 0 Å². The van der Waals surface area contributed by atoms with Crippen LogP contribution in [0.4, 0.5) is 17.1 Å². The number of nitrogens with zero attached hydrogens (tertiary/aromatic N) is 1. The molecule has 0 atom stereocenters. The molecule has 0 saturated heterocycles. The Morgan fingerprint density at radius 3 is 1.66 bits per heavy atom. The molecule has 0 amide bonds. The summed E-state index contributed by atoms with van der Waals surface area (Å²) in [4.78, 5) is 2.14. The van der Waals surface area contributed by atoms with E-state index in [0.29, 0.717) is 17.1 Å². The third-order valence-electron chi connectivity index (χ3n) is 6.18. The number of phenolic OH excluding ortho intramolecular Hbond substituents is 3. The average Bonchev–Trinajstić information content (AvgIpc) is 2.75. The Morgan fingerprint density at radius 1 is 0.629 bits per heavy atom. The van der Waals surface area contributed by atoms with E-state index in [1.165, 1.54) is 0 Å². The molecule has 5 heteroatoms.